The maximum Gasteiger partial charge on any atom is 0.313 e. The van der Waals surface area contributed by atoms with E-state index in [2.05, 4.69) is 22.6 Å². The quantitative estimate of drug-likeness (QED) is 0.806. The second-order valence-corrected chi connectivity index (χ2v) is 5.98. The Balaban J connectivity index is 1.47. The topological polar surface area (TPSA) is 79.9 Å². The number of fused-ring (bicyclic) bond motifs is 1. The Labute approximate surface area is 134 Å². The molecule has 7 nitrogen and oxygen atoms in total. The van der Waals surface area contributed by atoms with Gasteiger partial charge in [0.25, 0.3) is 0 Å². The summed E-state index contributed by atoms with van der Waals surface area (Å²) in [5.74, 6) is 0.358. The maximum absolute atomic E-state index is 11.9. The first-order valence-electron chi connectivity index (χ1n) is 7.79. The van der Waals surface area contributed by atoms with Crippen molar-refractivity contribution in [2.75, 3.05) is 38.8 Å². The summed E-state index contributed by atoms with van der Waals surface area (Å²) in [5.41, 5.74) is 0.508. The number of nitrogens with one attached hydrogen (secondary N) is 2. The number of benzene rings is 1. The number of amides is 2. The van der Waals surface area contributed by atoms with E-state index in [0.717, 1.165) is 25.9 Å². The fraction of sp³-hybridized carbons (Fsp3) is 0.500. The number of likely N-dealkylation sites (tertiary alicyclic amines) is 1. The second kappa shape index (κ2) is 6.87. The van der Waals surface area contributed by atoms with Gasteiger partial charge in [-0.1, -0.05) is 0 Å². The average Bonchev–Trinajstić information content (AvgIpc) is 3.01. The van der Waals surface area contributed by atoms with E-state index in [1.165, 1.54) is 0 Å². The third-order valence-electron chi connectivity index (χ3n) is 4.23. The predicted octanol–water partition coefficient (Wildman–Crippen LogP) is 0.812. The molecule has 1 aromatic rings. The van der Waals surface area contributed by atoms with E-state index >= 15 is 0 Å². The number of carbonyl (C=O) groups is 2. The van der Waals surface area contributed by atoms with Crippen LogP contribution in [0.1, 0.15) is 12.8 Å². The van der Waals surface area contributed by atoms with Gasteiger partial charge in [0, 0.05) is 18.3 Å². The van der Waals surface area contributed by atoms with Crippen LogP contribution in [0.25, 0.3) is 0 Å². The van der Waals surface area contributed by atoms with Gasteiger partial charge in [-0.15, -0.1) is 0 Å². The van der Waals surface area contributed by atoms with Crippen LogP contribution in [0.2, 0.25) is 0 Å². The van der Waals surface area contributed by atoms with Gasteiger partial charge in [-0.2, -0.15) is 0 Å². The lowest BCUT2D eigenvalue weighted by molar-refractivity contribution is -0.136. The Morgan fingerprint density at radius 2 is 1.91 bits per heavy atom. The largest absolute Gasteiger partial charge is 0.454 e. The van der Waals surface area contributed by atoms with E-state index in [9.17, 15) is 9.59 Å². The minimum absolute atomic E-state index is 0.170. The lowest BCUT2D eigenvalue weighted by Crippen LogP contribution is -2.41. The summed E-state index contributed by atoms with van der Waals surface area (Å²) in [6.07, 6.45) is 2.08. The third kappa shape index (κ3) is 3.92. The number of hydrogen-bond acceptors (Lipinski definition) is 5. The van der Waals surface area contributed by atoms with E-state index < -0.39 is 11.8 Å². The zero-order valence-electron chi connectivity index (χ0n) is 13.1. The van der Waals surface area contributed by atoms with E-state index in [1.54, 1.807) is 18.2 Å². The molecule has 0 aromatic heterocycles. The van der Waals surface area contributed by atoms with E-state index in [0.29, 0.717) is 29.6 Å². The van der Waals surface area contributed by atoms with Crippen LogP contribution in [0.3, 0.4) is 0 Å². The molecule has 0 saturated carbocycles. The summed E-state index contributed by atoms with van der Waals surface area (Å²) in [6.45, 7) is 2.78. The fourth-order valence-electron chi connectivity index (χ4n) is 2.75. The van der Waals surface area contributed by atoms with Crippen LogP contribution in [-0.2, 0) is 9.59 Å². The molecule has 0 unspecified atom stereocenters. The summed E-state index contributed by atoms with van der Waals surface area (Å²) in [5, 5.41) is 5.29. The number of rotatable bonds is 3. The summed E-state index contributed by atoms with van der Waals surface area (Å²) in [6, 6.07) is 5.02. The zero-order chi connectivity index (χ0) is 16.2. The van der Waals surface area contributed by atoms with Crippen molar-refractivity contribution in [3.63, 3.8) is 0 Å². The monoisotopic (exact) mass is 319 g/mol. The standard InChI is InChI=1S/C16H21N3O4/c1-19-6-4-11(5-7-19)9-17-15(20)16(21)18-12-2-3-13-14(8-12)23-10-22-13/h2-3,8,11H,4-7,9-10H2,1H3,(H,17,20)(H,18,21). The van der Waals surface area contributed by atoms with Gasteiger partial charge in [-0.3, -0.25) is 9.59 Å². The van der Waals surface area contributed by atoms with E-state index in [4.69, 9.17) is 9.47 Å². The Morgan fingerprint density at radius 1 is 1.17 bits per heavy atom. The summed E-state index contributed by atoms with van der Waals surface area (Å²) < 4.78 is 10.4. The Kier molecular flexibility index (Phi) is 4.66. The first kappa shape index (κ1) is 15.6. The van der Waals surface area contributed by atoms with Gasteiger partial charge in [-0.25, -0.2) is 0 Å². The molecule has 1 saturated heterocycles. The van der Waals surface area contributed by atoms with Crippen LogP contribution in [0.15, 0.2) is 18.2 Å². The van der Waals surface area contributed by atoms with Gasteiger partial charge in [0.1, 0.15) is 0 Å². The minimum atomic E-state index is -0.670. The van der Waals surface area contributed by atoms with Crippen molar-refractivity contribution in [2.24, 2.45) is 5.92 Å². The number of nitrogens with zero attached hydrogens (tertiary/aromatic N) is 1. The summed E-state index contributed by atoms with van der Waals surface area (Å²) >= 11 is 0. The summed E-state index contributed by atoms with van der Waals surface area (Å²) in [7, 11) is 2.09. The van der Waals surface area contributed by atoms with Crippen LogP contribution in [-0.4, -0.2) is 50.2 Å². The normalized spacial score (nSPS) is 17.8. The molecule has 2 heterocycles. The molecule has 7 heteroatoms. The zero-order valence-corrected chi connectivity index (χ0v) is 13.1. The third-order valence-corrected chi connectivity index (χ3v) is 4.23. The van der Waals surface area contributed by atoms with Gasteiger partial charge >= 0.3 is 11.8 Å². The molecule has 1 aromatic carbocycles. The first-order chi connectivity index (χ1) is 11.1. The minimum Gasteiger partial charge on any atom is -0.454 e. The molecular formula is C16H21N3O4. The highest BCUT2D eigenvalue weighted by Crippen LogP contribution is 2.34. The highest BCUT2D eigenvalue weighted by atomic mass is 16.7. The number of carbonyl (C=O) groups excluding carboxylic acids is 2. The van der Waals surface area contributed by atoms with Crippen molar-refractivity contribution in [3.8, 4) is 11.5 Å². The van der Waals surface area contributed by atoms with Crippen molar-refractivity contribution < 1.29 is 19.1 Å². The molecule has 1 fully saturated rings. The summed E-state index contributed by atoms with van der Waals surface area (Å²) in [4.78, 5) is 26.1. The van der Waals surface area contributed by atoms with Gasteiger partial charge in [-0.05, 0) is 51.0 Å². The van der Waals surface area contributed by atoms with Crippen LogP contribution < -0.4 is 20.1 Å². The number of anilines is 1. The molecule has 23 heavy (non-hydrogen) atoms. The van der Waals surface area contributed by atoms with E-state index in [-0.39, 0.29) is 6.79 Å². The molecule has 0 aliphatic carbocycles. The Morgan fingerprint density at radius 3 is 2.70 bits per heavy atom. The molecule has 2 amide bonds. The van der Waals surface area contributed by atoms with Crippen LogP contribution in [0.4, 0.5) is 5.69 Å². The SMILES string of the molecule is CN1CCC(CNC(=O)C(=O)Nc2ccc3c(c2)OCO3)CC1. The average molecular weight is 319 g/mol. The molecule has 0 spiro atoms. The molecular weight excluding hydrogens is 298 g/mol. The first-order valence-corrected chi connectivity index (χ1v) is 7.79. The Hall–Kier alpha value is -2.28. The fourth-order valence-corrected chi connectivity index (χ4v) is 2.75. The van der Waals surface area contributed by atoms with Gasteiger partial charge in [0.15, 0.2) is 11.5 Å². The predicted molar refractivity (Wildman–Crippen MR) is 84.4 cm³/mol. The molecule has 0 bridgehead atoms. The Bertz CT molecular complexity index is 597. The molecule has 0 radical (unpaired) electrons. The highest BCUT2D eigenvalue weighted by Gasteiger charge is 2.20. The molecule has 2 aliphatic heterocycles. The van der Waals surface area contributed by atoms with Crippen molar-refractivity contribution in [3.05, 3.63) is 18.2 Å². The molecule has 3 rings (SSSR count). The van der Waals surface area contributed by atoms with Crippen molar-refractivity contribution in [1.29, 1.82) is 0 Å². The number of piperidine rings is 1. The molecule has 0 atom stereocenters. The number of ether oxygens (including phenoxy) is 2. The van der Waals surface area contributed by atoms with Gasteiger partial charge in [0.2, 0.25) is 6.79 Å². The van der Waals surface area contributed by atoms with Crippen molar-refractivity contribution >= 4 is 17.5 Å². The number of hydrogen-bond donors (Lipinski definition) is 2. The van der Waals surface area contributed by atoms with Gasteiger partial charge < -0.3 is 25.0 Å². The highest BCUT2D eigenvalue weighted by molar-refractivity contribution is 6.39. The van der Waals surface area contributed by atoms with E-state index in [1.807, 2.05) is 0 Å². The second-order valence-electron chi connectivity index (χ2n) is 5.98. The molecule has 2 aliphatic rings. The molecule has 2 N–H and O–H groups in total. The van der Waals surface area contributed by atoms with Crippen molar-refractivity contribution in [2.45, 2.75) is 12.8 Å². The van der Waals surface area contributed by atoms with Crippen LogP contribution in [0, 0.1) is 5.92 Å². The molecule has 124 valence electrons. The lowest BCUT2D eigenvalue weighted by atomic mass is 9.97. The van der Waals surface area contributed by atoms with Gasteiger partial charge in [0.05, 0.1) is 0 Å². The smallest absolute Gasteiger partial charge is 0.313 e. The van der Waals surface area contributed by atoms with Crippen LogP contribution in [0.5, 0.6) is 11.5 Å². The van der Waals surface area contributed by atoms with Crippen LogP contribution >= 0.6 is 0 Å². The maximum atomic E-state index is 11.9. The van der Waals surface area contributed by atoms with Crippen molar-refractivity contribution in [1.82, 2.24) is 10.2 Å². The lowest BCUT2D eigenvalue weighted by Gasteiger charge is -2.28.